The van der Waals surface area contributed by atoms with Crippen LogP contribution in [0.4, 0.5) is 0 Å². The van der Waals surface area contributed by atoms with E-state index in [2.05, 4.69) is 15.9 Å². The Balaban J connectivity index is 2.84. The Kier molecular flexibility index (Phi) is 5.16. The SMILES string of the molecule is CCOC(=O)c1ccc(Br)c(OCC(C)(C)O)c1. The van der Waals surface area contributed by atoms with E-state index in [4.69, 9.17) is 9.47 Å². The van der Waals surface area contributed by atoms with Crippen LogP contribution in [0.15, 0.2) is 22.7 Å². The van der Waals surface area contributed by atoms with Crippen molar-refractivity contribution in [3.63, 3.8) is 0 Å². The summed E-state index contributed by atoms with van der Waals surface area (Å²) in [5.41, 5.74) is -0.509. The number of benzene rings is 1. The average Bonchev–Trinajstić information content (AvgIpc) is 2.27. The highest BCUT2D eigenvalue weighted by molar-refractivity contribution is 9.10. The number of carbonyl (C=O) groups is 1. The monoisotopic (exact) mass is 316 g/mol. The van der Waals surface area contributed by atoms with E-state index < -0.39 is 11.6 Å². The molecule has 5 heteroatoms. The molecule has 0 saturated heterocycles. The van der Waals surface area contributed by atoms with Crippen molar-refractivity contribution in [3.05, 3.63) is 28.2 Å². The highest BCUT2D eigenvalue weighted by Gasteiger charge is 2.16. The van der Waals surface area contributed by atoms with E-state index in [1.54, 1.807) is 39.0 Å². The predicted molar refractivity (Wildman–Crippen MR) is 71.9 cm³/mol. The Hall–Kier alpha value is -1.07. The van der Waals surface area contributed by atoms with Crippen LogP contribution >= 0.6 is 15.9 Å². The zero-order chi connectivity index (χ0) is 13.8. The Morgan fingerprint density at radius 3 is 2.67 bits per heavy atom. The number of rotatable bonds is 5. The van der Waals surface area contributed by atoms with Crippen molar-refractivity contribution in [3.8, 4) is 5.75 Å². The van der Waals surface area contributed by atoms with Crippen molar-refractivity contribution in [2.45, 2.75) is 26.4 Å². The van der Waals surface area contributed by atoms with E-state index in [0.717, 1.165) is 4.47 Å². The molecule has 0 spiro atoms. The molecule has 1 N–H and O–H groups in total. The number of hydrogen-bond donors (Lipinski definition) is 1. The quantitative estimate of drug-likeness (QED) is 0.849. The molecule has 1 aromatic carbocycles. The van der Waals surface area contributed by atoms with Gasteiger partial charge in [0.05, 0.1) is 22.2 Å². The summed E-state index contributed by atoms with van der Waals surface area (Å²) in [5, 5.41) is 9.60. The molecule has 0 aromatic heterocycles. The summed E-state index contributed by atoms with van der Waals surface area (Å²) in [6.45, 7) is 5.52. The van der Waals surface area contributed by atoms with Crippen LogP contribution in [0.3, 0.4) is 0 Å². The van der Waals surface area contributed by atoms with Crippen LogP contribution in [0.25, 0.3) is 0 Å². The molecule has 0 unspecified atom stereocenters. The van der Waals surface area contributed by atoms with Gasteiger partial charge in [0.25, 0.3) is 0 Å². The highest BCUT2D eigenvalue weighted by Crippen LogP contribution is 2.27. The number of esters is 1. The van der Waals surface area contributed by atoms with E-state index >= 15 is 0 Å². The minimum atomic E-state index is -0.931. The summed E-state index contributed by atoms with van der Waals surface area (Å²) in [6.07, 6.45) is 0. The molecule has 18 heavy (non-hydrogen) atoms. The van der Waals surface area contributed by atoms with Crippen molar-refractivity contribution >= 4 is 21.9 Å². The van der Waals surface area contributed by atoms with Crippen molar-refractivity contribution in [2.24, 2.45) is 0 Å². The molecular formula is C13H17BrO4. The third-order valence-corrected chi connectivity index (χ3v) is 2.68. The molecule has 0 saturated carbocycles. The van der Waals surface area contributed by atoms with Crippen molar-refractivity contribution in [1.82, 2.24) is 0 Å². The maximum absolute atomic E-state index is 11.6. The van der Waals surface area contributed by atoms with Gasteiger partial charge >= 0.3 is 5.97 Å². The lowest BCUT2D eigenvalue weighted by Gasteiger charge is -2.18. The van der Waals surface area contributed by atoms with Crippen LogP contribution in [-0.2, 0) is 4.74 Å². The largest absolute Gasteiger partial charge is 0.489 e. The van der Waals surface area contributed by atoms with Gasteiger partial charge in [-0.25, -0.2) is 4.79 Å². The third-order valence-electron chi connectivity index (χ3n) is 2.02. The Morgan fingerprint density at radius 1 is 1.44 bits per heavy atom. The molecule has 100 valence electrons. The topological polar surface area (TPSA) is 55.8 Å². The fourth-order valence-electron chi connectivity index (χ4n) is 1.21. The van der Waals surface area contributed by atoms with Gasteiger partial charge in [0.1, 0.15) is 12.4 Å². The fraction of sp³-hybridized carbons (Fsp3) is 0.462. The highest BCUT2D eigenvalue weighted by atomic mass is 79.9. The number of halogens is 1. The van der Waals surface area contributed by atoms with E-state index in [9.17, 15) is 9.90 Å². The third kappa shape index (κ3) is 4.66. The molecule has 0 aliphatic carbocycles. The van der Waals surface area contributed by atoms with E-state index in [0.29, 0.717) is 17.9 Å². The van der Waals surface area contributed by atoms with Crippen molar-refractivity contribution < 1.29 is 19.4 Å². The summed E-state index contributed by atoms with van der Waals surface area (Å²) >= 11 is 3.33. The zero-order valence-corrected chi connectivity index (χ0v) is 12.3. The first-order chi connectivity index (χ1) is 8.33. The van der Waals surface area contributed by atoms with Gasteiger partial charge in [-0.2, -0.15) is 0 Å². The molecule has 1 rings (SSSR count). The summed E-state index contributed by atoms with van der Waals surface area (Å²) in [6, 6.07) is 4.96. The van der Waals surface area contributed by atoms with Gasteiger partial charge in [0.15, 0.2) is 0 Å². The Labute approximate surface area is 115 Å². The normalized spacial score (nSPS) is 11.2. The number of aliphatic hydroxyl groups is 1. The van der Waals surface area contributed by atoms with E-state index in [-0.39, 0.29) is 6.61 Å². The van der Waals surface area contributed by atoms with Crippen molar-refractivity contribution in [1.29, 1.82) is 0 Å². The van der Waals surface area contributed by atoms with E-state index in [1.807, 2.05) is 0 Å². The first-order valence-corrected chi connectivity index (χ1v) is 6.44. The molecule has 0 amide bonds. The Bertz CT molecular complexity index is 423. The van der Waals surface area contributed by atoms with Crippen LogP contribution in [-0.4, -0.2) is 29.9 Å². The van der Waals surface area contributed by atoms with Gasteiger partial charge in [-0.3, -0.25) is 0 Å². The van der Waals surface area contributed by atoms with Gasteiger partial charge < -0.3 is 14.6 Å². The maximum atomic E-state index is 11.6. The maximum Gasteiger partial charge on any atom is 0.338 e. The fourth-order valence-corrected chi connectivity index (χ4v) is 1.57. The first-order valence-electron chi connectivity index (χ1n) is 5.65. The molecule has 1 aromatic rings. The number of ether oxygens (including phenoxy) is 2. The minimum absolute atomic E-state index is 0.137. The molecule has 0 fully saturated rings. The van der Waals surface area contributed by atoms with Gasteiger partial charge in [0.2, 0.25) is 0 Å². The summed E-state index contributed by atoms with van der Waals surface area (Å²) in [7, 11) is 0. The standard InChI is InChI=1S/C13H17BrO4/c1-4-17-12(15)9-5-6-10(14)11(7-9)18-8-13(2,3)16/h5-7,16H,4,8H2,1-3H3. The number of carbonyl (C=O) groups excluding carboxylic acids is 1. The zero-order valence-electron chi connectivity index (χ0n) is 10.7. The lowest BCUT2D eigenvalue weighted by molar-refractivity contribution is 0.0281. The summed E-state index contributed by atoms with van der Waals surface area (Å²) in [4.78, 5) is 11.6. The minimum Gasteiger partial charge on any atom is -0.489 e. The lowest BCUT2D eigenvalue weighted by atomic mass is 10.1. The molecule has 0 aliphatic rings. The average molecular weight is 317 g/mol. The predicted octanol–water partition coefficient (Wildman–Crippen LogP) is 2.78. The smallest absolute Gasteiger partial charge is 0.338 e. The van der Waals surface area contributed by atoms with Crippen LogP contribution < -0.4 is 4.74 Å². The van der Waals surface area contributed by atoms with Gasteiger partial charge in [-0.15, -0.1) is 0 Å². The van der Waals surface area contributed by atoms with Crippen LogP contribution in [0.2, 0.25) is 0 Å². The van der Waals surface area contributed by atoms with Crippen LogP contribution in [0.5, 0.6) is 5.75 Å². The Morgan fingerprint density at radius 2 is 2.11 bits per heavy atom. The first kappa shape index (κ1) is 15.0. The molecule has 0 atom stereocenters. The van der Waals surface area contributed by atoms with Crippen LogP contribution in [0.1, 0.15) is 31.1 Å². The van der Waals surface area contributed by atoms with Gasteiger partial charge in [-0.05, 0) is 54.9 Å². The second kappa shape index (κ2) is 6.20. The molecule has 0 bridgehead atoms. The molecular weight excluding hydrogens is 300 g/mol. The lowest BCUT2D eigenvalue weighted by Crippen LogP contribution is -2.28. The van der Waals surface area contributed by atoms with Crippen molar-refractivity contribution in [2.75, 3.05) is 13.2 Å². The van der Waals surface area contributed by atoms with E-state index in [1.165, 1.54) is 0 Å². The van der Waals surface area contributed by atoms with Gasteiger partial charge in [-0.1, -0.05) is 0 Å². The molecule has 4 nitrogen and oxygen atoms in total. The van der Waals surface area contributed by atoms with Gasteiger partial charge in [0, 0.05) is 0 Å². The summed E-state index contributed by atoms with van der Waals surface area (Å²) in [5.74, 6) is 0.112. The molecule has 0 heterocycles. The molecule has 0 aliphatic heterocycles. The second-order valence-corrected chi connectivity index (χ2v) is 5.32. The molecule has 0 radical (unpaired) electrons. The second-order valence-electron chi connectivity index (χ2n) is 4.47. The summed E-state index contributed by atoms with van der Waals surface area (Å²) < 4.78 is 11.1. The number of hydrogen-bond acceptors (Lipinski definition) is 4. The van der Waals surface area contributed by atoms with Crippen LogP contribution in [0, 0.1) is 0 Å².